The average molecular weight is 360 g/mol. The van der Waals surface area contributed by atoms with Crippen LogP contribution in [0.1, 0.15) is 10.5 Å². The van der Waals surface area contributed by atoms with Crippen molar-refractivity contribution in [3.05, 3.63) is 53.7 Å². The molecule has 1 aliphatic rings. The summed E-state index contributed by atoms with van der Waals surface area (Å²) in [5.74, 6) is -3.09. The molecule has 0 saturated carbocycles. The number of carbonyl (C=O) groups is 3. The van der Waals surface area contributed by atoms with Crippen LogP contribution in [0.5, 0.6) is 0 Å². The van der Waals surface area contributed by atoms with Gasteiger partial charge in [0.2, 0.25) is 0 Å². The van der Waals surface area contributed by atoms with E-state index in [-0.39, 0.29) is 35.9 Å². The van der Waals surface area contributed by atoms with Gasteiger partial charge in [-0.05, 0) is 24.3 Å². The summed E-state index contributed by atoms with van der Waals surface area (Å²) in [6.45, 7) is -0.536. The summed E-state index contributed by atoms with van der Waals surface area (Å²) in [6, 6.07) is 4.85. The Labute approximate surface area is 146 Å². The number of halogens is 1. The number of hydrogen-bond donors (Lipinski definition) is 3. The number of anilines is 1. The average Bonchev–Trinajstić information content (AvgIpc) is 3.17. The van der Waals surface area contributed by atoms with Gasteiger partial charge in [-0.15, -0.1) is 0 Å². The number of amides is 2. The number of aromatic nitrogens is 2. The van der Waals surface area contributed by atoms with Gasteiger partial charge in [0.1, 0.15) is 11.5 Å². The Morgan fingerprint density at radius 3 is 2.69 bits per heavy atom. The Balaban J connectivity index is 1.94. The van der Waals surface area contributed by atoms with E-state index in [0.29, 0.717) is 0 Å². The Kier molecular flexibility index (Phi) is 4.50. The largest absolute Gasteiger partial charge is 0.476 e. The van der Waals surface area contributed by atoms with Crippen LogP contribution in [0.4, 0.5) is 10.1 Å². The SMILES string of the molecule is O=C(O)c1ccn(-c2ccc(F)cc2NC2=CC(=O)N(CCO)C2=O)n1. The van der Waals surface area contributed by atoms with Crippen LogP contribution in [0.3, 0.4) is 0 Å². The van der Waals surface area contributed by atoms with Crippen molar-refractivity contribution in [2.24, 2.45) is 0 Å². The number of nitrogens with zero attached hydrogens (tertiary/aromatic N) is 3. The van der Waals surface area contributed by atoms with Crippen molar-refractivity contribution in [3.63, 3.8) is 0 Å². The van der Waals surface area contributed by atoms with Gasteiger partial charge in [-0.25, -0.2) is 13.9 Å². The fourth-order valence-electron chi connectivity index (χ4n) is 2.44. The molecule has 0 atom stereocenters. The molecule has 134 valence electrons. The highest BCUT2D eigenvalue weighted by Crippen LogP contribution is 2.25. The van der Waals surface area contributed by atoms with Gasteiger partial charge in [0.15, 0.2) is 5.69 Å². The van der Waals surface area contributed by atoms with E-state index in [1.165, 1.54) is 23.0 Å². The summed E-state index contributed by atoms with van der Waals surface area (Å²) >= 11 is 0. The third-order valence-electron chi connectivity index (χ3n) is 3.62. The van der Waals surface area contributed by atoms with Gasteiger partial charge in [0, 0.05) is 12.3 Å². The zero-order chi connectivity index (χ0) is 18.8. The van der Waals surface area contributed by atoms with Gasteiger partial charge >= 0.3 is 5.97 Å². The van der Waals surface area contributed by atoms with E-state index in [4.69, 9.17) is 10.2 Å². The third-order valence-corrected chi connectivity index (χ3v) is 3.62. The molecule has 1 aliphatic heterocycles. The predicted octanol–water partition coefficient (Wildman–Crippen LogP) is 0.366. The Bertz CT molecular complexity index is 936. The molecule has 2 heterocycles. The molecule has 0 radical (unpaired) electrons. The van der Waals surface area contributed by atoms with Crippen LogP contribution in [0.15, 0.2) is 42.2 Å². The first-order valence-electron chi connectivity index (χ1n) is 7.45. The van der Waals surface area contributed by atoms with E-state index >= 15 is 0 Å². The first kappa shape index (κ1) is 17.3. The normalized spacial score (nSPS) is 13.9. The zero-order valence-corrected chi connectivity index (χ0v) is 13.2. The molecule has 2 amide bonds. The van der Waals surface area contributed by atoms with Crippen molar-refractivity contribution < 1.29 is 29.0 Å². The molecule has 3 N–H and O–H groups in total. The molecular formula is C16H13FN4O5. The first-order chi connectivity index (χ1) is 12.4. The number of nitrogens with one attached hydrogen (secondary N) is 1. The zero-order valence-electron chi connectivity index (χ0n) is 13.2. The van der Waals surface area contributed by atoms with Crippen LogP contribution in [0.2, 0.25) is 0 Å². The van der Waals surface area contributed by atoms with Crippen molar-refractivity contribution in [1.82, 2.24) is 14.7 Å². The van der Waals surface area contributed by atoms with Crippen molar-refractivity contribution in [3.8, 4) is 5.69 Å². The molecule has 10 heteroatoms. The van der Waals surface area contributed by atoms with Gasteiger partial charge in [0.05, 0.1) is 24.5 Å². The number of β-amino-alcohol motifs (C(OH)–C–C–N with tert-alkyl or cyclic N) is 1. The predicted molar refractivity (Wildman–Crippen MR) is 86.0 cm³/mol. The van der Waals surface area contributed by atoms with Crippen LogP contribution >= 0.6 is 0 Å². The van der Waals surface area contributed by atoms with E-state index in [2.05, 4.69) is 10.4 Å². The highest BCUT2D eigenvalue weighted by atomic mass is 19.1. The lowest BCUT2D eigenvalue weighted by atomic mass is 10.2. The maximum atomic E-state index is 13.7. The fraction of sp³-hybridized carbons (Fsp3) is 0.125. The molecule has 0 aliphatic carbocycles. The molecule has 0 unspecified atom stereocenters. The molecule has 1 aromatic heterocycles. The minimum absolute atomic E-state index is 0.0964. The molecular weight excluding hydrogens is 347 g/mol. The summed E-state index contributed by atoms with van der Waals surface area (Å²) in [5.41, 5.74) is 0.0885. The van der Waals surface area contributed by atoms with E-state index in [1.54, 1.807) is 0 Å². The maximum Gasteiger partial charge on any atom is 0.356 e. The Hall–Kier alpha value is -3.53. The summed E-state index contributed by atoms with van der Waals surface area (Å²) in [5, 5.41) is 24.4. The van der Waals surface area contributed by atoms with Crippen LogP contribution in [-0.4, -0.2) is 55.8 Å². The molecule has 1 aromatic carbocycles. The number of imide groups is 1. The highest BCUT2D eigenvalue weighted by molar-refractivity contribution is 6.17. The molecule has 26 heavy (non-hydrogen) atoms. The number of carbonyl (C=O) groups excluding carboxylic acids is 2. The number of aliphatic hydroxyl groups is 1. The number of aromatic carboxylic acids is 1. The number of rotatable bonds is 6. The monoisotopic (exact) mass is 360 g/mol. The summed E-state index contributed by atoms with van der Waals surface area (Å²) < 4.78 is 14.9. The van der Waals surface area contributed by atoms with Crippen LogP contribution in [-0.2, 0) is 9.59 Å². The third kappa shape index (κ3) is 3.17. The summed E-state index contributed by atoms with van der Waals surface area (Å²) in [4.78, 5) is 35.8. The fourth-order valence-corrected chi connectivity index (χ4v) is 2.44. The number of carboxylic acid groups (broad SMARTS) is 1. The molecule has 0 fully saturated rings. The molecule has 0 bridgehead atoms. The van der Waals surface area contributed by atoms with Crippen molar-refractivity contribution >= 4 is 23.5 Å². The number of benzene rings is 1. The molecule has 2 aromatic rings. The minimum atomic E-state index is -1.22. The maximum absolute atomic E-state index is 13.7. The van der Waals surface area contributed by atoms with Gasteiger partial charge < -0.3 is 15.5 Å². The molecule has 3 rings (SSSR count). The topological polar surface area (TPSA) is 125 Å². The molecule has 0 spiro atoms. The second-order valence-corrected chi connectivity index (χ2v) is 5.31. The second-order valence-electron chi connectivity index (χ2n) is 5.31. The van der Waals surface area contributed by atoms with Gasteiger partial charge in [-0.2, -0.15) is 5.10 Å². The lowest BCUT2D eigenvalue weighted by molar-refractivity contribution is -0.137. The van der Waals surface area contributed by atoms with E-state index in [0.717, 1.165) is 23.1 Å². The van der Waals surface area contributed by atoms with Crippen molar-refractivity contribution in [2.45, 2.75) is 0 Å². The lowest BCUT2D eigenvalue weighted by Crippen LogP contribution is -2.34. The van der Waals surface area contributed by atoms with Crippen LogP contribution in [0, 0.1) is 5.82 Å². The van der Waals surface area contributed by atoms with E-state index < -0.39 is 23.6 Å². The highest BCUT2D eigenvalue weighted by Gasteiger charge is 2.31. The molecule has 0 saturated heterocycles. The minimum Gasteiger partial charge on any atom is -0.476 e. The van der Waals surface area contributed by atoms with E-state index in [9.17, 15) is 18.8 Å². The molecule has 9 nitrogen and oxygen atoms in total. The second kappa shape index (κ2) is 6.76. The van der Waals surface area contributed by atoms with Gasteiger partial charge in [0.25, 0.3) is 11.8 Å². The smallest absolute Gasteiger partial charge is 0.356 e. The Morgan fingerprint density at radius 1 is 1.27 bits per heavy atom. The Morgan fingerprint density at radius 2 is 2.04 bits per heavy atom. The van der Waals surface area contributed by atoms with Crippen LogP contribution in [0.25, 0.3) is 5.69 Å². The van der Waals surface area contributed by atoms with Crippen molar-refractivity contribution in [2.75, 3.05) is 18.5 Å². The lowest BCUT2D eigenvalue weighted by Gasteiger charge is -2.15. The summed E-state index contributed by atoms with van der Waals surface area (Å²) in [7, 11) is 0. The number of hydrogen-bond acceptors (Lipinski definition) is 6. The van der Waals surface area contributed by atoms with E-state index in [1.807, 2.05) is 0 Å². The van der Waals surface area contributed by atoms with Crippen molar-refractivity contribution in [1.29, 1.82) is 0 Å². The standard InChI is InChI=1S/C16H13FN4O5/c17-9-1-2-13(21-4-3-10(19-21)16(25)26)11(7-9)18-12-8-14(23)20(5-6-22)15(12)24/h1-4,7-8,18,22H,5-6H2,(H,25,26). The van der Waals surface area contributed by atoms with Gasteiger partial charge in [-0.3, -0.25) is 14.5 Å². The van der Waals surface area contributed by atoms with Crippen LogP contribution < -0.4 is 5.32 Å². The summed E-state index contributed by atoms with van der Waals surface area (Å²) in [6.07, 6.45) is 2.41. The number of aliphatic hydroxyl groups excluding tert-OH is 1. The quantitative estimate of drug-likeness (QED) is 0.636. The first-order valence-corrected chi connectivity index (χ1v) is 7.45. The number of carboxylic acids is 1. The van der Waals surface area contributed by atoms with Gasteiger partial charge in [-0.1, -0.05) is 0 Å².